The molecule has 0 radical (unpaired) electrons. The Balaban J connectivity index is 1.74. The van der Waals surface area contributed by atoms with E-state index >= 15 is 0 Å². The molecular weight excluding hydrogens is 328 g/mol. The van der Waals surface area contributed by atoms with Crippen LogP contribution in [-0.4, -0.2) is 59.8 Å². The molecule has 0 unspecified atom stereocenters. The van der Waals surface area contributed by atoms with E-state index in [2.05, 4.69) is 15.2 Å². The van der Waals surface area contributed by atoms with Gasteiger partial charge in [0.15, 0.2) is 0 Å². The van der Waals surface area contributed by atoms with Gasteiger partial charge in [-0.15, -0.1) is 0 Å². The summed E-state index contributed by atoms with van der Waals surface area (Å²) in [5, 5.41) is 2.88. The Morgan fingerprint density at radius 2 is 1.54 bits per heavy atom. The Hall–Kier alpha value is -2.73. The number of hydrogen-bond acceptors (Lipinski definition) is 4. The molecule has 1 saturated heterocycles. The Labute approximate surface area is 153 Å². The summed E-state index contributed by atoms with van der Waals surface area (Å²) in [6.07, 6.45) is 3.01. The number of benzene rings is 1. The average molecular weight is 352 g/mol. The molecule has 0 saturated carbocycles. The third-order valence-corrected chi connectivity index (χ3v) is 4.52. The van der Waals surface area contributed by atoms with E-state index in [4.69, 9.17) is 0 Å². The maximum atomic E-state index is 12.7. The van der Waals surface area contributed by atoms with Crippen molar-refractivity contribution in [1.29, 1.82) is 0 Å². The number of aryl methyl sites for hydroxylation is 2. The lowest BCUT2D eigenvalue weighted by molar-refractivity contribution is 0.0663. The highest BCUT2D eigenvalue weighted by Gasteiger charge is 2.21. The van der Waals surface area contributed by atoms with Crippen molar-refractivity contribution in [3.8, 4) is 0 Å². The largest absolute Gasteiger partial charge is 0.336 e. The Bertz CT molecular complexity index is 806. The number of pyridine rings is 1. The van der Waals surface area contributed by atoms with Gasteiger partial charge in [-0.3, -0.25) is 14.6 Å². The monoisotopic (exact) mass is 352 g/mol. The van der Waals surface area contributed by atoms with E-state index < -0.39 is 0 Å². The standard InChI is InChI=1S/C20H24N4O2/c1-14-8-15(2)10-18(9-14)22-19(25)16-11-17(13-21-12-16)20(26)24-6-4-23(3)5-7-24/h8-13H,4-7H2,1-3H3,(H,22,25). The summed E-state index contributed by atoms with van der Waals surface area (Å²) < 4.78 is 0. The van der Waals surface area contributed by atoms with Crippen molar-refractivity contribution < 1.29 is 9.59 Å². The normalized spacial score (nSPS) is 15.0. The summed E-state index contributed by atoms with van der Waals surface area (Å²) in [5.41, 5.74) is 3.73. The number of piperazine rings is 1. The van der Waals surface area contributed by atoms with E-state index in [0.29, 0.717) is 24.2 Å². The van der Waals surface area contributed by atoms with Crippen molar-refractivity contribution in [3.05, 3.63) is 58.9 Å². The van der Waals surface area contributed by atoms with Gasteiger partial charge in [0.05, 0.1) is 11.1 Å². The number of anilines is 1. The second-order valence-electron chi connectivity index (χ2n) is 6.89. The number of likely N-dealkylation sites (N-methyl/N-ethyl adjacent to an activating group) is 1. The first kappa shape index (κ1) is 18.1. The molecule has 1 aromatic heterocycles. The fraction of sp³-hybridized carbons (Fsp3) is 0.350. The van der Waals surface area contributed by atoms with Crippen molar-refractivity contribution in [2.24, 2.45) is 0 Å². The number of aromatic nitrogens is 1. The summed E-state index contributed by atoms with van der Waals surface area (Å²) in [6, 6.07) is 7.49. The van der Waals surface area contributed by atoms with E-state index in [1.165, 1.54) is 12.4 Å². The minimum atomic E-state index is -0.268. The molecule has 1 aromatic carbocycles. The van der Waals surface area contributed by atoms with E-state index in [1.54, 1.807) is 6.07 Å². The number of carbonyl (C=O) groups is 2. The third kappa shape index (κ3) is 4.26. The maximum Gasteiger partial charge on any atom is 0.257 e. The third-order valence-electron chi connectivity index (χ3n) is 4.52. The molecule has 2 heterocycles. The van der Waals surface area contributed by atoms with Crippen LogP contribution < -0.4 is 5.32 Å². The van der Waals surface area contributed by atoms with Crippen LogP contribution in [0.3, 0.4) is 0 Å². The van der Waals surface area contributed by atoms with Gasteiger partial charge in [-0.25, -0.2) is 0 Å². The first-order valence-electron chi connectivity index (χ1n) is 8.75. The molecule has 2 amide bonds. The summed E-state index contributed by atoms with van der Waals surface area (Å²) in [7, 11) is 2.04. The zero-order valence-corrected chi connectivity index (χ0v) is 15.5. The Morgan fingerprint density at radius 1 is 0.923 bits per heavy atom. The second kappa shape index (κ2) is 7.66. The molecule has 1 aliphatic heterocycles. The predicted molar refractivity (Wildman–Crippen MR) is 102 cm³/mol. The number of amides is 2. The first-order chi connectivity index (χ1) is 12.4. The maximum absolute atomic E-state index is 12.7. The molecule has 2 aromatic rings. The minimum Gasteiger partial charge on any atom is -0.336 e. The van der Waals surface area contributed by atoms with Crippen molar-refractivity contribution in [3.63, 3.8) is 0 Å². The van der Waals surface area contributed by atoms with Gasteiger partial charge in [-0.2, -0.15) is 0 Å². The molecule has 1 fully saturated rings. The molecule has 0 atom stereocenters. The van der Waals surface area contributed by atoms with Crippen LogP contribution in [0.4, 0.5) is 5.69 Å². The molecular formula is C20H24N4O2. The Morgan fingerprint density at radius 3 is 2.19 bits per heavy atom. The molecule has 136 valence electrons. The Kier molecular flexibility index (Phi) is 5.32. The molecule has 0 spiro atoms. The summed E-state index contributed by atoms with van der Waals surface area (Å²) >= 11 is 0. The van der Waals surface area contributed by atoms with Gasteiger partial charge in [-0.05, 0) is 50.2 Å². The smallest absolute Gasteiger partial charge is 0.257 e. The van der Waals surface area contributed by atoms with Gasteiger partial charge >= 0.3 is 0 Å². The van der Waals surface area contributed by atoms with E-state index in [9.17, 15) is 9.59 Å². The highest BCUT2D eigenvalue weighted by Crippen LogP contribution is 2.16. The van der Waals surface area contributed by atoms with Crippen LogP contribution >= 0.6 is 0 Å². The molecule has 26 heavy (non-hydrogen) atoms. The fourth-order valence-electron chi connectivity index (χ4n) is 3.12. The van der Waals surface area contributed by atoms with E-state index in [0.717, 1.165) is 29.9 Å². The second-order valence-corrected chi connectivity index (χ2v) is 6.89. The van der Waals surface area contributed by atoms with E-state index in [1.807, 2.05) is 44.0 Å². The van der Waals surface area contributed by atoms with Gasteiger partial charge in [0.1, 0.15) is 0 Å². The summed E-state index contributed by atoms with van der Waals surface area (Å²) in [5.74, 6) is -0.345. The molecule has 6 heteroatoms. The lowest BCUT2D eigenvalue weighted by Crippen LogP contribution is -2.47. The number of rotatable bonds is 3. The van der Waals surface area contributed by atoms with Crippen LogP contribution in [0.1, 0.15) is 31.8 Å². The van der Waals surface area contributed by atoms with Crippen LogP contribution in [0.25, 0.3) is 0 Å². The summed E-state index contributed by atoms with van der Waals surface area (Å²) in [6.45, 7) is 7.06. The lowest BCUT2D eigenvalue weighted by Gasteiger charge is -2.32. The van der Waals surface area contributed by atoms with Gasteiger partial charge in [0, 0.05) is 44.3 Å². The number of nitrogens with one attached hydrogen (secondary N) is 1. The van der Waals surface area contributed by atoms with Gasteiger partial charge in [-0.1, -0.05) is 6.07 Å². The number of hydrogen-bond donors (Lipinski definition) is 1. The first-order valence-corrected chi connectivity index (χ1v) is 8.75. The summed E-state index contributed by atoms with van der Waals surface area (Å²) in [4.78, 5) is 33.3. The number of carbonyl (C=O) groups excluding carboxylic acids is 2. The topological polar surface area (TPSA) is 65.5 Å². The number of nitrogens with zero attached hydrogens (tertiary/aromatic N) is 3. The molecule has 3 rings (SSSR count). The molecule has 1 aliphatic rings. The highest BCUT2D eigenvalue weighted by atomic mass is 16.2. The lowest BCUT2D eigenvalue weighted by atomic mass is 10.1. The van der Waals surface area contributed by atoms with Crippen LogP contribution in [0.5, 0.6) is 0 Å². The zero-order valence-electron chi connectivity index (χ0n) is 15.5. The highest BCUT2D eigenvalue weighted by molar-refractivity contribution is 6.05. The molecule has 1 N–H and O–H groups in total. The molecule has 0 aliphatic carbocycles. The molecule has 0 bridgehead atoms. The SMILES string of the molecule is Cc1cc(C)cc(NC(=O)c2cncc(C(=O)N3CCN(C)CC3)c2)c1. The van der Waals surface area contributed by atoms with Gasteiger partial charge in [0.2, 0.25) is 0 Å². The van der Waals surface area contributed by atoms with Crippen molar-refractivity contribution >= 4 is 17.5 Å². The van der Waals surface area contributed by atoms with E-state index in [-0.39, 0.29) is 11.8 Å². The quantitative estimate of drug-likeness (QED) is 0.921. The predicted octanol–water partition coefficient (Wildman–Crippen LogP) is 2.34. The zero-order chi connectivity index (χ0) is 18.7. The van der Waals surface area contributed by atoms with Crippen LogP contribution in [0, 0.1) is 13.8 Å². The average Bonchev–Trinajstić information content (AvgIpc) is 2.61. The van der Waals surface area contributed by atoms with Crippen LogP contribution in [-0.2, 0) is 0 Å². The minimum absolute atomic E-state index is 0.0772. The fourth-order valence-corrected chi connectivity index (χ4v) is 3.12. The van der Waals surface area contributed by atoms with Crippen LogP contribution in [0.2, 0.25) is 0 Å². The van der Waals surface area contributed by atoms with Crippen molar-refractivity contribution in [1.82, 2.24) is 14.8 Å². The van der Waals surface area contributed by atoms with Gasteiger partial charge in [0.25, 0.3) is 11.8 Å². The van der Waals surface area contributed by atoms with Gasteiger partial charge < -0.3 is 15.1 Å². The van der Waals surface area contributed by atoms with Crippen LogP contribution in [0.15, 0.2) is 36.7 Å². The van der Waals surface area contributed by atoms with Crippen molar-refractivity contribution in [2.45, 2.75) is 13.8 Å². The van der Waals surface area contributed by atoms with Crippen molar-refractivity contribution in [2.75, 3.05) is 38.5 Å². The molecule has 6 nitrogen and oxygen atoms in total.